The number of carbonyl (C=O) groups is 2. The normalized spacial score (nSPS) is 14.1. The number of thiocarbonyl (C=S) groups is 1. The minimum Gasteiger partial charge on any atom is -0.302 e. The lowest BCUT2D eigenvalue weighted by Gasteiger charge is -2.19. The minimum absolute atomic E-state index is 0.0436. The number of benzene rings is 1. The van der Waals surface area contributed by atoms with Gasteiger partial charge in [-0.2, -0.15) is 0 Å². The molecule has 1 aliphatic rings. The van der Waals surface area contributed by atoms with Gasteiger partial charge in [0, 0.05) is 11.5 Å². The van der Waals surface area contributed by atoms with E-state index in [9.17, 15) is 9.59 Å². The van der Waals surface area contributed by atoms with Crippen molar-refractivity contribution in [2.45, 2.75) is 39.0 Å². The van der Waals surface area contributed by atoms with Crippen molar-refractivity contribution in [3.05, 3.63) is 35.4 Å². The molecule has 6 heteroatoms. The lowest BCUT2D eigenvalue weighted by atomic mass is 9.87. The van der Waals surface area contributed by atoms with Gasteiger partial charge in [-0.05, 0) is 48.2 Å². The van der Waals surface area contributed by atoms with Gasteiger partial charge < -0.3 is 5.32 Å². The van der Waals surface area contributed by atoms with Crippen LogP contribution in [0.15, 0.2) is 24.3 Å². The Morgan fingerprint density at radius 3 is 2.18 bits per heavy atom. The first-order valence-corrected chi connectivity index (χ1v) is 7.70. The first kappa shape index (κ1) is 16.4. The van der Waals surface area contributed by atoms with Crippen LogP contribution in [0.3, 0.4) is 0 Å². The van der Waals surface area contributed by atoms with E-state index in [-0.39, 0.29) is 28.3 Å². The molecule has 2 amide bonds. The van der Waals surface area contributed by atoms with Crippen LogP contribution in [0.4, 0.5) is 0 Å². The number of hydrogen-bond donors (Lipinski definition) is 3. The molecule has 1 saturated carbocycles. The fraction of sp³-hybridized carbons (Fsp3) is 0.438. The topological polar surface area (TPSA) is 70.2 Å². The quantitative estimate of drug-likeness (QED) is 0.576. The summed E-state index contributed by atoms with van der Waals surface area (Å²) < 4.78 is 0. The number of amides is 2. The summed E-state index contributed by atoms with van der Waals surface area (Å²) >= 11 is 4.96. The van der Waals surface area contributed by atoms with Crippen molar-refractivity contribution < 1.29 is 9.59 Å². The summed E-state index contributed by atoms with van der Waals surface area (Å²) in [6, 6.07) is 7.40. The molecule has 1 fully saturated rings. The first-order chi connectivity index (χ1) is 10.3. The maximum absolute atomic E-state index is 12.0. The van der Waals surface area contributed by atoms with Crippen molar-refractivity contribution in [1.82, 2.24) is 16.2 Å². The van der Waals surface area contributed by atoms with Crippen LogP contribution < -0.4 is 16.2 Å². The zero-order valence-corrected chi connectivity index (χ0v) is 13.8. The van der Waals surface area contributed by atoms with Crippen LogP contribution >= 0.6 is 12.2 Å². The molecule has 0 radical (unpaired) electrons. The molecule has 0 heterocycles. The molecule has 0 aliphatic heterocycles. The van der Waals surface area contributed by atoms with E-state index in [0.717, 1.165) is 18.4 Å². The summed E-state index contributed by atoms with van der Waals surface area (Å²) in [4.78, 5) is 23.5. The van der Waals surface area contributed by atoms with Gasteiger partial charge in [-0.25, -0.2) is 0 Å². The highest BCUT2D eigenvalue weighted by molar-refractivity contribution is 7.80. The van der Waals surface area contributed by atoms with Gasteiger partial charge in [0.1, 0.15) is 0 Å². The zero-order chi connectivity index (χ0) is 16.3. The number of rotatable bonds is 2. The molecule has 1 aromatic rings. The van der Waals surface area contributed by atoms with Gasteiger partial charge in [-0.15, -0.1) is 0 Å². The van der Waals surface area contributed by atoms with Crippen molar-refractivity contribution in [3.63, 3.8) is 0 Å². The zero-order valence-electron chi connectivity index (χ0n) is 13.0. The maximum atomic E-state index is 12.0. The Bertz CT molecular complexity index is 586. The standard InChI is InChI=1S/C16H21N3O2S/c1-16(2,3)12-8-6-11(7-9-12)14(21)18-19-15(22)17-13(20)10-4-5-10/h6-10H,4-5H2,1-3H3,(H,18,21)(H2,17,19,20,22). The third kappa shape index (κ3) is 4.53. The van der Waals surface area contributed by atoms with E-state index in [2.05, 4.69) is 36.9 Å². The summed E-state index contributed by atoms with van der Waals surface area (Å²) in [5.74, 6) is -0.329. The van der Waals surface area contributed by atoms with E-state index in [1.807, 2.05) is 12.1 Å². The molecule has 3 N–H and O–H groups in total. The fourth-order valence-electron chi connectivity index (χ4n) is 1.90. The summed E-state index contributed by atoms with van der Waals surface area (Å²) in [6.45, 7) is 6.35. The van der Waals surface area contributed by atoms with Gasteiger partial charge in [-0.1, -0.05) is 32.9 Å². The SMILES string of the molecule is CC(C)(C)c1ccc(C(=O)NNC(=S)NC(=O)C2CC2)cc1. The Morgan fingerprint density at radius 1 is 1.09 bits per heavy atom. The van der Waals surface area contributed by atoms with Crippen molar-refractivity contribution in [2.75, 3.05) is 0 Å². The van der Waals surface area contributed by atoms with Gasteiger partial charge in [0.25, 0.3) is 5.91 Å². The highest BCUT2D eigenvalue weighted by atomic mass is 32.1. The number of hydrazine groups is 1. The molecule has 0 atom stereocenters. The van der Waals surface area contributed by atoms with Crippen LogP contribution in [0.25, 0.3) is 0 Å². The van der Waals surface area contributed by atoms with Crippen molar-refractivity contribution in [3.8, 4) is 0 Å². The monoisotopic (exact) mass is 319 g/mol. The lowest BCUT2D eigenvalue weighted by molar-refractivity contribution is -0.120. The number of carbonyl (C=O) groups excluding carboxylic acids is 2. The Labute approximate surface area is 135 Å². The van der Waals surface area contributed by atoms with E-state index < -0.39 is 0 Å². The first-order valence-electron chi connectivity index (χ1n) is 7.29. The Hall–Kier alpha value is -1.95. The summed E-state index contributed by atoms with van der Waals surface area (Å²) in [5, 5.41) is 2.65. The molecule has 5 nitrogen and oxygen atoms in total. The van der Waals surface area contributed by atoms with Crippen LogP contribution in [0, 0.1) is 5.92 Å². The second kappa shape index (κ2) is 6.44. The summed E-state index contributed by atoms with van der Waals surface area (Å²) in [5.41, 5.74) is 6.74. The van der Waals surface area contributed by atoms with Gasteiger partial charge in [0.2, 0.25) is 5.91 Å². The van der Waals surface area contributed by atoms with Crippen LogP contribution in [0.5, 0.6) is 0 Å². The summed E-state index contributed by atoms with van der Waals surface area (Å²) in [6.07, 6.45) is 1.81. The third-order valence-corrected chi connectivity index (χ3v) is 3.69. The van der Waals surface area contributed by atoms with Gasteiger partial charge in [-0.3, -0.25) is 20.4 Å². The molecule has 0 aromatic heterocycles. The number of nitrogens with one attached hydrogen (secondary N) is 3. The van der Waals surface area contributed by atoms with E-state index in [0.29, 0.717) is 5.56 Å². The average molecular weight is 319 g/mol. The minimum atomic E-state index is -0.302. The van der Waals surface area contributed by atoms with Crippen LogP contribution in [0.2, 0.25) is 0 Å². The molecule has 0 unspecified atom stereocenters. The van der Waals surface area contributed by atoms with Crippen LogP contribution in [-0.4, -0.2) is 16.9 Å². The number of hydrogen-bond acceptors (Lipinski definition) is 3. The Balaban J connectivity index is 1.84. The Kier molecular flexibility index (Phi) is 4.81. The second-order valence-corrected chi connectivity index (χ2v) is 6.91. The fourth-order valence-corrected chi connectivity index (χ4v) is 2.05. The lowest BCUT2D eigenvalue weighted by Crippen LogP contribution is -2.48. The summed E-state index contributed by atoms with van der Waals surface area (Å²) in [7, 11) is 0. The smallest absolute Gasteiger partial charge is 0.269 e. The molecular weight excluding hydrogens is 298 g/mol. The molecule has 0 spiro atoms. The van der Waals surface area contributed by atoms with Crippen LogP contribution in [-0.2, 0) is 10.2 Å². The molecule has 1 aromatic carbocycles. The highest BCUT2D eigenvalue weighted by Gasteiger charge is 2.30. The van der Waals surface area contributed by atoms with Crippen molar-refractivity contribution in [1.29, 1.82) is 0 Å². The molecule has 1 aliphatic carbocycles. The van der Waals surface area contributed by atoms with Gasteiger partial charge in [0.15, 0.2) is 5.11 Å². The maximum Gasteiger partial charge on any atom is 0.269 e. The molecular formula is C16H21N3O2S. The van der Waals surface area contributed by atoms with Gasteiger partial charge >= 0.3 is 0 Å². The largest absolute Gasteiger partial charge is 0.302 e. The van der Waals surface area contributed by atoms with E-state index in [4.69, 9.17) is 12.2 Å². The van der Waals surface area contributed by atoms with Crippen LogP contribution in [0.1, 0.15) is 49.5 Å². The van der Waals surface area contributed by atoms with Crippen molar-refractivity contribution >= 4 is 29.1 Å². The second-order valence-electron chi connectivity index (χ2n) is 6.50. The average Bonchev–Trinajstić information content (AvgIpc) is 3.28. The molecule has 118 valence electrons. The van der Waals surface area contributed by atoms with E-state index >= 15 is 0 Å². The highest BCUT2D eigenvalue weighted by Crippen LogP contribution is 2.28. The van der Waals surface area contributed by atoms with Crippen molar-refractivity contribution in [2.24, 2.45) is 5.92 Å². The predicted molar refractivity (Wildman–Crippen MR) is 89.2 cm³/mol. The molecule has 22 heavy (non-hydrogen) atoms. The molecule has 2 rings (SSSR count). The molecule has 0 bridgehead atoms. The van der Waals surface area contributed by atoms with E-state index in [1.165, 1.54) is 0 Å². The predicted octanol–water partition coefficient (Wildman–Crippen LogP) is 2.03. The van der Waals surface area contributed by atoms with Gasteiger partial charge in [0.05, 0.1) is 0 Å². The molecule has 0 saturated heterocycles. The van der Waals surface area contributed by atoms with E-state index in [1.54, 1.807) is 12.1 Å². The third-order valence-electron chi connectivity index (χ3n) is 3.49. The Morgan fingerprint density at radius 2 is 1.68 bits per heavy atom.